The molecular formula is C18H37O8. The third kappa shape index (κ3) is 23.7. The second-order valence-electron chi connectivity index (χ2n) is 5.13. The van der Waals surface area contributed by atoms with Gasteiger partial charge in [0, 0.05) is 13.7 Å². The highest BCUT2D eigenvalue weighted by atomic mass is 16.6. The van der Waals surface area contributed by atoms with Crippen molar-refractivity contribution in [2.45, 2.75) is 6.42 Å². The van der Waals surface area contributed by atoms with Gasteiger partial charge in [0.05, 0.1) is 92.5 Å². The highest BCUT2D eigenvalue weighted by Gasteiger charge is 1.94. The normalized spacial score (nSPS) is 11.3. The van der Waals surface area contributed by atoms with Gasteiger partial charge in [-0.1, -0.05) is 6.92 Å². The molecule has 0 bridgehead atoms. The summed E-state index contributed by atoms with van der Waals surface area (Å²) in [4.78, 5) is 0. The van der Waals surface area contributed by atoms with Gasteiger partial charge in [-0.2, -0.15) is 0 Å². The fourth-order valence-corrected chi connectivity index (χ4v) is 1.67. The Balaban J connectivity index is 2.95. The van der Waals surface area contributed by atoms with Crippen LogP contribution in [-0.2, 0) is 37.9 Å². The SMILES string of the molecule is [CH2]CCOCCOCCOCCOCCOCCOCCOCCOC. The van der Waals surface area contributed by atoms with Crippen LogP contribution in [0.15, 0.2) is 0 Å². The summed E-state index contributed by atoms with van der Waals surface area (Å²) in [7, 11) is 1.65. The van der Waals surface area contributed by atoms with Gasteiger partial charge in [0.15, 0.2) is 0 Å². The van der Waals surface area contributed by atoms with E-state index in [4.69, 9.17) is 37.9 Å². The standard InChI is InChI=1S/C18H37O8/c1-3-4-20-7-8-22-11-12-24-15-16-26-18-17-25-14-13-23-10-9-21-6-5-19-2/h1,3-18H2,2H3. The van der Waals surface area contributed by atoms with Crippen molar-refractivity contribution < 1.29 is 37.9 Å². The minimum Gasteiger partial charge on any atom is -0.382 e. The molecule has 0 rings (SSSR count). The van der Waals surface area contributed by atoms with Crippen LogP contribution in [0.3, 0.4) is 0 Å². The lowest BCUT2D eigenvalue weighted by molar-refractivity contribution is -0.0220. The van der Waals surface area contributed by atoms with Crippen molar-refractivity contribution >= 4 is 0 Å². The number of ether oxygens (including phenoxy) is 8. The van der Waals surface area contributed by atoms with E-state index in [0.29, 0.717) is 99.1 Å². The zero-order chi connectivity index (χ0) is 19.0. The quantitative estimate of drug-likeness (QED) is 0.243. The lowest BCUT2D eigenvalue weighted by Crippen LogP contribution is -2.14. The lowest BCUT2D eigenvalue weighted by Gasteiger charge is -2.08. The largest absolute Gasteiger partial charge is 0.382 e. The molecule has 1 radical (unpaired) electrons. The molecule has 0 unspecified atom stereocenters. The Bertz CT molecular complexity index is 219. The molecule has 0 aromatic rings. The van der Waals surface area contributed by atoms with Crippen LogP contribution < -0.4 is 0 Å². The molecule has 8 nitrogen and oxygen atoms in total. The molecule has 0 aliphatic heterocycles. The third-order valence-electron chi connectivity index (χ3n) is 2.95. The lowest BCUT2D eigenvalue weighted by atomic mass is 10.5. The van der Waals surface area contributed by atoms with Gasteiger partial charge < -0.3 is 37.9 Å². The number of rotatable bonds is 23. The fourth-order valence-electron chi connectivity index (χ4n) is 1.67. The highest BCUT2D eigenvalue weighted by Crippen LogP contribution is 1.85. The molecule has 0 atom stereocenters. The second kappa shape index (κ2) is 24.7. The van der Waals surface area contributed by atoms with Crippen LogP contribution in [0.2, 0.25) is 0 Å². The Morgan fingerprint density at radius 3 is 0.846 bits per heavy atom. The van der Waals surface area contributed by atoms with Crippen molar-refractivity contribution in [3.05, 3.63) is 6.92 Å². The molecule has 0 saturated carbocycles. The fraction of sp³-hybridized carbons (Fsp3) is 0.944. The minimum atomic E-state index is 0.545. The molecule has 26 heavy (non-hydrogen) atoms. The summed E-state index contributed by atoms with van der Waals surface area (Å²) in [5.74, 6) is 0. The summed E-state index contributed by atoms with van der Waals surface area (Å²) in [6.45, 7) is 12.3. The topological polar surface area (TPSA) is 73.8 Å². The molecule has 0 aromatic carbocycles. The van der Waals surface area contributed by atoms with E-state index in [1.54, 1.807) is 7.11 Å². The molecule has 157 valence electrons. The van der Waals surface area contributed by atoms with E-state index >= 15 is 0 Å². The van der Waals surface area contributed by atoms with Gasteiger partial charge in [-0.05, 0) is 6.42 Å². The number of hydrogen-bond donors (Lipinski definition) is 0. The molecule has 0 aliphatic carbocycles. The van der Waals surface area contributed by atoms with E-state index in [0.717, 1.165) is 6.42 Å². The summed E-state index contributed by atoms with van der Waals surface area (Å²) < 4.78 is 42.3. The van der Waals surface area contributed by atoms with Crippen LogP contribution in [0.1, 0.15) is 6.42 Å². The zero-order valence-corrected chi connectivity index (χ0v) is 16.3. The molecular weight excluding hydrogens is 344 g/mol. The smallest absolute Gasteiger partial charge is 0.0701 e. The monoisotopic (exact) mass is 381 g/mol. The van der Waals surface area contributed by atoms with Crippen molar-refractivity contribution in [3.63, 3.8) is 0 Å². The van der Waals surface area contributed by atoms with Crippen LogP contribution in [0.25, 0.3) is 0 Å². The molecule has 0 amide bonds. The number of methoxy groups -OCH3 is 1. The summed E-state index contributed by atoms with van der Waals surface area (Å²) in [6.07, 6.45) is 0.785. The molecule has 0 N–H and O–H groups in total. The minimum absolute atomic E-state index is 0.545. The third-order valence-corrected chi connectivity index (χ3v) is 2.95. The first-order valence-corrected chi connectivity index (χ1v) is 9.24. The first-order chi connectivity index (χ1) is 12.9. The molecule has 0 saturated heterocycles. The Morgan fingerprint density at radius 1 is 0.385 bits per heavy atom. The van der Waals surface area contributed by atoms with Crippen LogP contribution in [-0.4, -0.2) is 106 Å². The van der Waals surface area contributed by atoms with Crippen LogP contribution >= 0.6 is 0 Å². The van der Waals surface area contributed by atoms with E-state index in [-0.39, 0.29) is 0 Å². The van der Waals surface area contributed by atoms with E-state index in [9.17, 15) is 0 Å². The first-order valence-electron chi connectivity index (χ1n) is 9.24. The maximum atomic E-state index is 5.40. The molecule has 0 aliphatic rings. The van der Waals surface area contributed by atoms with Gasteiger partial charge in [-0.15, -0.1) is 0 Å². The molecule has 0 aromatic heterocycles. The van der Waals surface area contributed by atoms with Gasteiger partial charge >= 0.3 is 0 Å². The first kappa shape index (κ1) is 25.7. The van der Waals surface area contributed by atoms with Crippen molar-refractivity contribution in [2.75, 3.05) is 106 Å². The zero-order valence-electron chi connectivity index (χ0n) is 16.3. The summed E-state index contributed by atoms with van der Waals surface area (Å²) >= 11 is 0. The molecule has 0 spiro atoms. The predicted molar refractivity (Wildman–Crippen MR) is 97.6 cm³/mol. The Hall–Kier alpha value is -0.320. The van der Waals surface area contributed by atoms with Crippen molar-refractivity contribution in [2.24, 2.45) is 0 Å². The summed E-state index contributed by atoms with van der Waals surface area (Å²) in [5, 5.41) is 0. The van der Waals surface area contributed by atoms with Crippen molar-refractivity contribution in [1.29, 1.82) is 0 Å². The van der Waals surface area contributed by atoms with E-state index in [2.05, 4.69) is 6.92 Å². The van der Waals surface area contributed by atoms with Crippen molar-refractivity contribution in [1.82, 2.24) is 0 Å². The molecule has 0 fully saturated rings. The average molecular weight is 381 g/mol. The van der Waals surface area contributed by atoms with Gasteiger partial charge in [-0.3, -0.25) is 0 Å². The molecule has 8 heteroatoms. The van der Waals surface area contributed by atoms with Gasteiger partial charge in [0.25, 0.3) is 0 Å². The Morgan fingerprint density at radius 2 is 0.615 bits per heavy atom. The maximum absolute atomic E-state index is 5.40. The van der Waals surface area contributed by atoms with E-state index in [1.165, 1.54) is 0 Å². The van der Waals surface area contributed by atoms with Crippen LogP contribution in [0.5, 0.6) is 0 Å². The summed E-state index contributed by atoms with van der Waals surface area (Å²) in [5.41, 5.74) is 0. The average Bonchev–Trinajstić information content (AvgIpc) is 2.66. The van der Waals surface area contributed by atoms with E-state index < -0.39 is 0 Å². The maximum Gasteiger partial charge on any atom is 0.0701 e. The van der Waals surface area contributed by atoms with E-state index in [1.807, 2.05) is 0 Å². The Kier molecular flexibility index (Phi) is 24.4. The van der Waals surface area contributed by atoms with Gasteiger partial charge in [0.2, 0.25) is 0 Å². The second-order valence-corrected chi connectivity index (χ2v) is 5.13. The van der Waals surface area contributed by atoms with Gasteiger partial charge in [0.1, 0.15) is 0 Å². The number of hydrogen-bond acceptors (Lipinski definition) is 8. The van der Waals surface area contributed by atoms with Crippen LogP contribution in [0, 0.1) is 6.92 Å². The Labute approximate surface area is 158 Å². The predicted octanol–water partition coefficient (Wildman–Crippen LogP) is 0.973. The molecule has 0 heterocycles. The highest BCUT2D eigenvalue weighted by molar-refractivity contribution is 4.38. The summed E-state index contributed by atoms with van der Waals surface area (Å²) in [6, 6.07) is 0. The van der Waals surface area contributed by atoms with Gasteiger partial charge in [-0.25, -0.2) is 0 Å². The van der Waals surface area contributed by atoms with Crippen LogP contribution in [0.4, 0.5) is 0 Å². The van der Waals surface area contributed by atoms with Crippen molar-refractivity contribution in [3.8, 4) is 0 Å².